The van der Waals surface area contributed by atoms with Crippen molar-refractivity contribution in [3.63, 3.8) is 0 Å². The van der Waals surface area contributed by atoms with Gasteiger partial charge in [-0.1, -0.05) is 29.8 Å². The van der Waals surface area contributed by atoms with E-state index in [1.54, 1.807) is 17.0 Å². The molecule has 0 bridgehead atoms. The Morgan fingerprint density at radius 1 is 1.25 bits per heavy atom. The molecule has 1 aromatic rings. The molecule has 1 heterocycles. The Bertz CT molecular complexity index is 534. The second-order valence-corrected chi connectivity index (χ2v) is 5.20. The number of rotatable bonds is 3. The van der Waals surface area contributed by atoms with Crippen LogP contribution in [0.4, 0.5) is 0 Å². The quantitative estimate of drug-likeness (QED) is 0.872. The zero-order valence-corrected chi connectivity index (χ0v) is 11.7. The highest BCUT2D eigenvalue weighted by Crippen LogP contribution is 2.19. The van der Waals surface area contributed by atoms with Crippen LogP contribution in [-0.2, 0) is 9.59 Å². The maximum absolute atomic E-state index is 12.0. The van der Waals surface area contributed by atoms with Gasteiger partial charge in [-0.3, -0.25) is 9.59 Å². The van der Waals surface area contributed by atoms with Gasteiger partial charge in [-0.05, 0) is 30.5 Å². The molecule has 0 aliphatic carbocycles. The summed E-state index contributed by atoms with van der Waals surface area (Å²) < 4.78 is 0. The monoisotopic (exact) mass is 293 g/mol. The molecule has 1 fully saturated rings. The van der Waals surface area contributed by atoms with E-state index >= 15 is 0 Å². The number of carboxylic acids is 1. The molecule has 1 saturated heterocycles. The first-order valence-electron chi connectivity index (χ1n) is 6.52. The van der Waals surface area contributed by atoms with Crippen molar-refractivity contribution in [3.8, 4) is 0 Å². The summed E-state index contributed by atoms with van der Waals surface area (Å²) >= 11 is 6.01. The fourth-order valence-electron chi connectivity index (χ4n) is 2.22. The van der Waals surface area contributed by atoms with Gasteiger partial charge in [0.2, 0.25) is 5.91 Å². The normalized spacial score (nSPS) is 16.6. The average Bonchev–Trinajstić information content (AvgIpc) is 2.46. The van der Waals surface area contributed by atoms with Gasteiger partial charge < -0.3 is 10.0 Å². The lowest BCUT2D eigenvalue weighted by atomic mass is 9.97. The van der Waals surface area contributed by atoms with Gasteiger partial charge in [-0.25, -0.2) is 0 Å². The summed E-state index contributed by atoms with van der Waals surface area (Å²) in [6.07, 6.45) is 4.21. The minimum atomic E-state index is -0.774. The highest BCUT2D eigenvalue weighted by molar-refractivity contribution is 6.32. The molecule has 1 aromatic carbocycles. The van der Waals surface area contributed by atoms with Crippen LogP contribution in [0.1, 0.15) is 18.4 Å². The molecule has 1 N–H and O–H groups in total. The molecule has 106 valence electrons. The Morgan fingerprint density at radius 3 is 2.50 bits per heavy atom. The lowest BCUT2D eigenvalue weighted by Crippen LogP contribution is -2.39. The predicted molar refractivity (Wildman–Crippen MR) is 77.4 cm³/mol. The molecule has 2 rings (SSSR count). The number of likely N-dealkylation sites (tertiary alicyclic amines) is 1. The largest absolute Gasteiger partial charge is 0.481 e. The highest BCUT2D eigenvalue weighted by Gasteiger charge is 2.25. The van der Waals surface area contributed by atoms with Crippen LogP contribution in [-0.4, -0.2) is 35.0 Å². The maximum Gasteiger partial charge on any atom is 0.306 e. The van der Waals surface area contributed by atoms with Gasteiger partial charge >= 0.3 is 5.97 Å². The Kier molecular flexibility index (Phi) is 4.79. The molecule has 0 radical (unpaired) electrons. The van der Waals surface area contributed by atoms with Crippen molar-refractivity contribution in [2.24, 2.45) is 5.92 Å². The van der Waals surface area contributed by atoms with Crippen LogP contribution in [0.15, 0.2) is 30.3 Å². The van der Waals surface area contributed by atoms with Crippen molar-refractivity contribution in [3.05, 3.63) is 40.9 Å². The van der Waals surface area contributed by atoms with Crippen LogP contribution in [0.25, 0.3) is 6.08 Å². The Morgan fingerprint density at radius 2 is 1.90 bits per heavy atom. The van der Waals surface area contributed by atoms with Crippen molar-refractivity contribution in [2.45, 2.75) is 12.8 Å². The van der Waals surface area contributed by atoms with Crippen LogP contribution < -0.4 is 0 Å². The number of benzene rings is 1. The Hall–Kier alpha value is -1.81. The van der Waals surface area contributed by atoms with E-state index in [1.165, 1.54) is 6.08 Å². The van der Waals surface area contributed by atoms with E-state index < -0.39 is 5.97 Å². The van der Waals surface area contributed by atoms with E-state index in [9.17, 15) is 9.59 Å². The van der Waals surface area contributed by atoms with E-state index in [-0.39, 0.29) is 11.8 Å². The number of carboxylic acid groups (broad SMARTS) is 1. The average molecular weight is 294 g/mol. The van der Waals surface area contributed by atoms with Gasteiger partial charge in [0, 0.05) is 24.2 Å². The van der Waals surface area contributed by atoms with Gasteiger partial charge in [-0.2, -0.15) is 0 Å². The van der Waals surface area contributed by atoms with Crippen molar-refractivity contribution in [2.75, 3.05) is 13.1 Å². The number of carbonyl (C=O) groups excluding carboxylic acids is 1. The number of piperidine rings is 1. The third-order valence-corrected chi connectivity index (χ3v) is 3.81. The van der Waals surface area contributed by atoms with Crippen molar-refractivity contribution < 1.29 is 14.7 Å². The summed E-state index contributed by atoms with van der Waals surface area (Å²) in [5.74, 6) is -1.20. The first-order chi connectivity index (χ1) is 9.58. The van der Waals surface area contributed by atoms with Crippen LogP contribution in [0.5, 0.6) is 0 Å². The molecular formula is C15H16ClNO3. The zero-order chi connectivity index (χ0) is 14.5. The van der Waals surface area contributed by atoms with Gasteiger partial charge in [0.1, 0.15) is 0 Å². The second-order valence-electron chi connectivity index (χ2n) is 4.79. The van der Waals surface area contributed by atoms with Crippen molar-refractivity contribution in [1.82, 2.24) is 4.90 Å². The standard InChI is InChI=1S/C15H16ClNO3/c16-13-4-2-1-3-11(13)5-6-14(18)17-9-7-12(8-10-17)15(19)20/h1-6,12H,7-10H2,(H,19,20). The summed E-state index contributed by atoms with van der Waals surface area (Å²) in [4.78, 5) is 24.5. The number of amides is 1. The lowest BCUT2D eigenvalue weighted by molar-refractivity contribution is -0.144. The maximum atomic E-state index is 12.0. The molecule has 4 nitrogen and oxygen atoms in total. The summed E-state index contributed by atoms with van der Waals surface area (Å²) in [6.45, 7) is 0.978. The van der Waals surface area contributed by atoms with Crippen molar-refractivity contribution >= 4 is 29.6 Å². The summed E-state index contributed by atoms with van der Waals surface area (Å²) in [5.41, 5.74) is 0.794. The first kappa shape index (κ1) is 14.6. The van der Waals surface area contributed by atoms with E-state index in [2.05, 4.69) is 0 Å². The molecule has 0 atom stereocenters. The minimum absolute atomic E-state index is 0.103. The second kappa shape index (κ2) is 6.57. The number of hydrogen-bond acceptors (Lipinski definition) is 2. The first-order valence-corrected chi connectivity index (χ1v) is 6.90. The van der Waals surface area contributed by atoms with E-state index in [1.807, 2.05) is 18.2 Å². The summed E-state index contributed by atoms with van der Waals surface area (Å²) in [7, 11) is 0. The van der Waals surface area contributed by atoms with Gasteiger partial charge in [-0.15, -0.1) is 0 Å². The van der Waals surface area contributed by atoms with E-state index in [4.69, 9.17) is 16.7 Å². The topological polar surface area (TPSA) is 57.6 Å². The molecule has 1 amide bonds. The number of halogens is 1. The van der Waals surface area contributed by atoms with Crippen LogP contribution in [0, 0.1) is 5.92 Å². The minimum Gasteiger partial charge on any atom is -0.481 e. The van der Waals surface area contributed by atoms with Crippen molar-refractivity contribution in [1.29, 1.82) is 0 Å². The van der Waals surface area contributed by atoms with Crippen LogP contribution in [0.2, 0.25) is 5.02 Å². The van der Waals surface area contributed by atoms with Gasteiger partial charge in [0.25, 0.3) is 0 Å². The molecule has 1 aliphatic heterocycles. The molecule has 0 unspecified atom stereocenters. The summed E-state index contributed by atoms with van der Waals surface area (Å²) in [5, 5.41) is 9.51. The fourth-order valence-corrected chi connectivity index (χ4v) is 2.42. The number of hydrogen-bond donors (Lipinski definition) is 1. The molecule has 0 spiro atoms. The van der Waals surface area contributed by atoms with E-state index in [0.29, 0.717) is 31.0 Å². The number of carbonyl (C=O) groups is 2. The molecule has 0 saturated carbocycles. The Labute approximate surface area is 122 Å². The third-order valence-electron chi connectivity index (χ3n) is 3.47. The molecule has 20 heavy (non-hydrogen) atoms. The zero-order valence-electron chi connectivity index (χ0n) is 11.0. The van der Waals surface area contributed by atoms with E-state index in [0.717, 1.165) is 5.56 Å². The van der Waals surface area contributed by atoms with Crippen LogP contribution in [0.3, 0.4) is 0 Å². The third kappa shape index (κ3) is 3.61. The molecule has 1 aliphatic rings. The fraction of sp³-hybridized carbons (Fsp3) is 0.333. The Balaban J connectivity index is 1.93. The number of nitrogens with zero attached hydrogens (tertiary/aromatic N) is 1. The SMILES string of the molecule is O=C(O)C1CCN(C(=O)C=Cc2ccccc2Cl)CC1. The number of aliphatic carboxylic acids is 1. The van der Waals surface area contributed by atoms with Gasteiger partial charge in [0.05, 0.1) is 5.92 Å². The predicted octanol–water partition coefficient (Wildman–Crippen LogP) is 2.68. The molecular weight excluding hydrogens is 278 g/mol. The smallest absolute Gasteiger partial charge is 0.306 e. The lowest BCUT2D eigenvalue weighted by Gasteiger charge is -2.29. The highest BCUT2D eigenvalue weighted by atomic mass is 35.5. The van der Waals surface area contributed by atoms with Crippen LogP contribution >= 0.6 is 11.6 Å². The molecule has 5 heteroatoms. The molecule has 0 aromatic heterocycles. The van der Waals surface area contributed by atoms with Gasteiger partial charge in [0.15, 0.2) is 0 Å². The summed E-state index contributed by atoms with van der Waals surface area (Å²) in [6, 6.07) is 7.29.